The first-order chi connectivity index (χ1) is 8.10. The quantitative estimate of drug-likeness (QED) is 0.647. The van der Waals surface area contributed by atoms with Gasteiger partial charge in [0, 0.05) is 18.7 Å². The Bertz CT molecular complexity index is 418. The lowest BCUT2D eigenvalue weighted by atomic mass is 10.1. The highest BCUT2D eigenvalue weighted by Gasteiger charge is 2.14. The van der Waals surface area contributed by atoms with Crippen molar-refractivity contribution in [1.82, 2.24) is 4.90 Å². The number of anilines is 1. The normalized spacial score (nSPS) is 10.0. The summed E-state index contributed by atoms with van der Waals surface area (Å²) in [5.74, 6) is -0.0475. The fourth-order valence-corrected chi connectivity index (χ4v) is 1.72. The second-order valence-corrected chi connectivity index (χ2v) is 4.18. The highest BCUT2D eigenvalue weighted by molar-refractivity contribution is 6.33. The highest BCUT2D eigenvalue weighted by Crippen LogP contribution is 2.20. The first-order valence-corrected chi connectivity index (χ1v) is 5.93. The molecule has 0 radical (unpaired) electrons. The van der Waals surface area contributed by atoms with Gasteiger partial charge in [-0.2, -0.15) is 0 Å². The molecule has 3 nitrogen and oxygen atoms in total. The van der Waals surface area contributed by atoms with E-state index in [4.69, 9.17) is 17.3 Å². The van der Waals surface area contributed by atoms with Gasteiger partial charge in [-0.1, -0.05) is 24.6 Å². The summed E-state index contributed by atoms with van der Waals surface area (Å²) >= 11 is 5.90. The molecular weight excluding hydrogens is 236 g/mol. The van der Waals surface area contributed by atoms with E-state index in [1.54, 1.807) is 29.2 Å². The highest BCUT2D eigenvalue weighted by atomic mass is 35.5. The van der Waals surface area contributed by atoms with Crippen LogP contribution in [0, 0.1) is 0 Å². The molecule has 0 aromatic heterocycles. The fraction of sp³-hybridized carbons (Fsp3) is 0.308. The van der Waals surface area contributed by atoms with E-state index in [-0.39, 0.29) is 5.91 Å². The summed E-state index contributed by atoms with van der Waals surface area (Å²) in [6.07, 6.45) is 2.62. The maximum Gasteiger partial charge on any atom is 0.254 e. The lowest BCUT2D eigenvalue weighted by Gasteiger charge is -2.20. The number of benzene rings is 1. The Morgan fingerprint density at radius 3 is 2.82 bits per heavy atom. The molecule has 0 aliphatic carbocycles. The van der Waals surface area contributed by atoms with Gasteiger partial charge in [0.2, 0.25) is 0 Å². The van der Waals surface area contributed by atoms with Crippen molar-refractivity contribution >= 4 is 23.2 Å². The number of hydrogen-bond acceptors (Lipinski definition) is 2. The lowest BCUT2D eigenvalue weighted by molar-refractivity contribution is 0.0774. The molecule has 0 fully saturated rings. The number of halogens is 1. The Morgan fingerprint density at radius 1 is 1.59 bits per heavy atom. The first-order valence-electron chi connectivity index (χ1n) is 5.55. The van der Waals surface area contributed by atoms with Crippen LogP contribution in [-0.2, 0) is 0 Å². The monoisotopic (exact) mass is 252 g/mol. The molecule has 1 rings (SSSR count). The van der Waals surface area contributed by atoms with Crippen LogP contribution in [-0.4, -0.2) is 23.9 Å². The molecular formula is C13H17ClN2O. The first kappa shape index (κ1) is 13.6. The third-order valence-corrected chi connectivity index (χ3v) is 2.70. The van der Waals surface area contributed by atoms with Crippen molar-refractivity contribution in [3.05, 3.63) is 41.4 Å². The number of carbonyl (C=O) groups is 1. The molecule has 92 valence electrons. The summed E-state index contributed by atoms with van der Waals surface area (Å²) in [5.41, 5.74) is 6.64. The van der Waals surface area contributed by atoms with Crippen LogP contribution in [0.15, 0.2) is 30.9 Å². The molecule has 0 aliphatic rings. The molecule has 0 saturated carbocycles. The van der Waals surface area contributed by atoms with E-state index in [0.717, 1.165) is 6.42 Å². The summed E-state index contributed by atoms with van der Waals surface area (Å²) in [6, 6.07) is 4.94. The van der Waals surface area contributed by atoms with E-state index in [2.05, 4.69) is 6.58 Å². The van der Waals surface area contributed by atoms with E-state index in [1.807, 2.05) is 6.92 Å². The molecule has 1 aromatic carbocycles. The molecule has 0 unspecified atom stereocenters. The summed E-state index contributed by atoms with van der Waals surface area (Å²) in [7, 11) is 0. The van der Waals surface area contributed by atoms with E-state index < -0.39 is 0 Å². The van der Waals surface area contributed by atoms with Crippen LogP contribution < -0.4 is 5.73 Å². The molecule has 4 heteroatoms. The zero-order valence-corrected chi connectivity index (χ0v) is 10.7. The average Bonchev–Trinajstić information content (AvgIpc) is 2.31. The van der Waals surface area contributed by atoms with Gasteiger partial charge >= 0.3 is 0 Å². The number of amides is 1. The standard InChI is InChI=1S/C13H17ClN2O/c1-3-7-16(8-4-2)13(17)10-5-6-12(15)11(14)9-10/h3,5-6,9H,1,4,7-8,15H2,2H3. The molecule has 17 heavy (non-hydrogen) atoms. The van der Waals surface area contributed by atoms with Gasteiger partial charge in [-0.05, 0) is 24.6 Å². The third-order valence-electron chi connectivity index (χ3n) is 2.38. The zero-order chi connectivity index (χ0) is 12.8. The van der Waals surface area contributed by atoms with Crippen molar-refractivity contribution < 1.29 is 4.79 Å². The van der Waals surface area contributed by atoms with Crippen LogP contribution >= 0.6 is 11.6 Å². The van der Waals surface area contributed by atoms with E-state index in [0.29, 0.717) is 29.4 Å². The van der Waals surface area contributed by atoms with Crippen LogP contribution in [0.3, 0.4) is 0 Å². The number of rotatable bonds is 5. The van der Waals surface area contributed by atoms with Gasteiger partial charge in [0.05, 0.1) is 10.7 Å². The summed E-state index contributed by atoms with van der Waals surface area (Å²) in [4.78, 5) is 13.9. The fourth-order valence-electron chi connectivity index (χ4n) is 1.54. The van der Waals surface area contributed by atoms with Crippen LogP contribution in [0.2, 0.25) is 5.02 Å². The Balaban J connectivity index is 2.92. The predicted molar refractivity (Wildman–Crippen MR) is 72.3 cm³/mol. The molecule has 0 heterocycles. The molecule has 0 bridgehead atoms. The summed E-state index contributed by atoms with van der Waals surface area (Å²) in [5, 5.41) is 0.408. The summed E-state index contributed by atoms with van der Waals surface area (Å²) in [6.45, 7) is 6.92. The molecule has 0 atom stereocenters. The SMILES string of the molecule is C=CCN(CCC)C(=O)c1ccc(N)c(Cl)c1. The minimum Gasteiger partial charge on any atom is -0.398 e. The number of nitrogens with two attached hydrogens (primary N) is 1. The van der Waals surface area contributed by atoms with Crippen molar-refractivity contribution in [2.24, 2.45) is 0 Å². The van der Waals surface area contributed by atoms with Crippen molar-refractivity contribution in [3.63, 3.8) is 0 Å². The van der Waals surface area contributed by atoms with Gasteiger partial charge in [-0.15, -0.1) is 6.58 Å². The van der Waals surface area contributed by atoms with E-state index >= 15 is 0 Å². The molecule has 0 saturated heterocycles. The molecule has 2 N–H and O–H groups in total. The van der Waals surface area contributed by atoms with Crippen LogP contribution in [0.5, 0.6) is 0 Å². The van der Waals surface area contributed by atoms with Gasteiger partial charge < -0.3 is 10.6 Å². The third kappa shape index (κ3) is 3.49. The van der Waals surface area contributed by atoms with Crippen LogP contribution in [0.1, 0.15) is 23.7 Å². The zero-order valence-electron chi connectivity index (χ0n) is 9.95. The molecule has 1 amide bonds. The van der Waals surface area contributed by atoms with Crippen LogP contribution in [0.25, 0.3) is 0 Å². The largest absolute Gasteiger partial charge is 0.398 e. The second kappa shape index (κ2) is 6.30. The average molecular weight is 253 g/mol. The molecule has 0 spiro atoms. The van der Waals surface area contributed by atoms with Gasteiger partial charge in [0.15, 0.2) is 0 Å². The number of hydrogen-bond donors (Lipinski definition) is 1. The predicted octanol–water partition coefficient (Wildman–Crippen LogP) is 2.96. The Labute approximate surface area is 107 Å². The number of nitrogens with zero attached hydrogens (tertiary/aromatic N) is 1. The van der Waals surface area contributed by atoms with Crippen molar-refractivity contribution in [3.8, 4) is 0 Å². The topological polar surface area (TPSA) is 46.3 Å². The van der Waals surface area contributed by atoms with Crippen molar-refractivity contribution in [2.75, 3.05) is 18.8 Å². The lowest BCUT2D eigenvalue weighted by Crippen LogP contribution is -2.31. The maximum absolute atomic E-state index is 12.2. The number of carbonyl (C=O) groups excluding carboxylic acids is 1. The van der Waals surface area contributed by atoms with Gasteiger partial charge in [0.1, 0.15) is 0 Å². The minimum atomic E-state index is -0.0475. The second-order valence-electron chi connectivity index (χ2n) is 3.78. The minimum absolute atomic E-state index is 0.0475. The smallest absolute Gasteiger partial charge is 0.254 e. The summed E-state index contributed by atoms with van der Waals surface area (Å²) < 4.78 is 0. The molecule has 1 aromatic rings. The Hall–Kier alpha value is -1.48. The van der Waals surface area contributed by atoms with E-state index in [9.17, 15) is 4.79 Å². The van der Waals surface area contributed by atoms with Crippen molar-refractivity contribution in [2.45, 2.75) is 13.3 Å². The van der Waals surface area contributed by atoms with Gasteiger partial charge in [-0.3, -0.25) is 4.79 Å². The van der Waals surface area contributed by atoms with Gasteiger partial charge in [0.25, 0.3) is 5.91 Å². The van der Waals surface area contributed by atoms with Crippen LogP contribution in [0.4, 0.5) is 5.69 Å². The number of nitrogen functional groups attached to an aromatic ring is 1. The van der Waals surface area contributed by atoms with Crippen molar-refractivity contribution in [1.29, 1.82) is 0 Å². The van der Waals surface area contributed by atoms with E-state index in [1.165, 1.54) is 0 Å². The van der Waals surface area contributed by atoms with Gasteiger partial charge in [-0.25, -0.2) is 0 Å². The molecule has 0 aliphatic heterocycles. The Kier molecular flexibility index (Phi) is 5.04. The Morgan fingerprint density at radius 2 is 2.29 bits per heavy atom. The maximum atomic E-state index is 12.2.